The number of aliphatic hydroxyl groups excluding tert-OH is 1. The summed E-state index contributed by atoms with van der Waals surface area (Å²) in [6.45, 7) is 8.14. The number of pyridine rings is 1. The molecule has 19 heavy (non-hydrogen) atoms. The number of aliphatic hydroxyl groups is 1. The number of hydrogen-bond donors (Lipinski definition) is 2. The van der Waals surface area contributed by atoms with Gasteiger partial charge in [-0.05, 0) is 18.6 Å². The van der Waals surface area contributed by atoms with Crippen molar-refractivity contribution in [2.75, 3.05) is 6.61 Å². The fourth-order valence-corrected chi connectivity index (χ4v) is 2.50. The highest BCUT2D eigenvalue weighted by atomic mass is 32.2. The van der Waals surface area contributed by atoms with Crippen molar-refractivity contribution in [2.45, 2.75) is 49.8 Å². The zero-order valence-electron chi connectivity index (χ0n) is 11.8. The first kappa shape index (κ1) is 16.0. The number of carbonyl (C=O) groups is 1. The van der Waals surface area contributed by atoms with E-state index in [2.05, 4.69) is 4.98 Å². The third-order valence-electron chi connectivity index (χ3n) is 2.67. The Bertz CT molecular complexity index is 454. The van der Waals surface area contributed by atoms with E-state index < -0.39 is 5.97 Å². The minimum atomic E-state index is -0.940. The van der Waals surface area contributed by atoms with Crippen LogP contribution in [0.3, 0.4) is 0 Å². The SMILES string of the molecule is CC(CCO)Sc1cc(C(=O)O)cc(C(C)(C)C)n1. The molecule has 4 nitrogen and oxygen atoms in total. The molecule has 0 aliphatic carbocycles. The largest absolute Gasteiger partial charge is 0.478 e. The normalized spacial score (nSPS) is 13.3. The Labute approximate surface area is 118 Å². The van der Waals surface area contributed by atoms with Crippen LogP contribution in [0, 0.1) is 0 Å². The lowest BCUT2D eigenvalue weighted by atomic mass is 9.91. The summed E-state index contributed by atoms with van der Waals surface area (Å²) < 4.78 is 0. The number of rotatable bonds is 5. The zero-order chi connectivity index (χ0) is 14.6. The van der Waals surface area contributed by atoms with Crippen molar-refractivity contribution in [3.63, 3.8) is 0 Å². The van der Waals surface area contributed by atoms with Gasteiger partial charge in [0.15, 0.2) is 0 Å². The predicted molar refractivity (Wildman–Crippen MR) is 76.9 cm³/mol. The summed E-state index contributed by atoms with van der Waals surface area (Å²) in [5.74, 6) is -0.940. The Morgan fingerprint density at radius 3 is 2.53 bits per heavy atom. The van der Waals surface area contributed by atoms with Gasteiger partial charge in [0.25, 0.3) is 0 Å². The predicted octanol–water partition coefficient (Wildman–Crippen LogP) is 2.94. The first-order valence-electron chi connectivity index (χ1n) is 6.27. The Morgan fingerprint density at radius 2 is 2.05 bits per heavy atom. The van der Waals surface area contributed by atoms with Crippen LogP contribution in [0.5, 0.6) is 0 Å². The zero-order valence-corrected chi connectivity index (χ0v) is 12.6. The molecular formula is C14H21NO3S. The number of thioether (sulfide) groups is 1. The molecule has 0 radical (unpaired) electrons. The van der Waals surface area contributed by atoms with Gasteiger partial charge >= 0.3 is 5.97 Å². The molecule has 1 aromatic rings. The van der Waals surface area contributed by atoms with E-state index >= 15 is 0 Å². The topological polar surface area (TPSA) is 70.4 Å². The van der Waals surface area contributed by atoms with Crippen LogP contribution in [0.2, 0.25) is 0 Å². The van der Waals surface area contributed by atoms with Gasteiger partial charge in [0.1, 0.15) is 0 Å². The summed E-state index contributed by atoms with van der Waals surface area (Å²) in [6.07, 6.45) is 0.661. The number of aromatic nitrogens is 1. The van der Waals surface area contributed by atoms with Crippen LogP contribution < -0.4 is 0 Å². The van der Waals surface area contributed by atoms with Crippen LogP contribution in [0.15, 0.2) is 17.2 Å². The second kappa shape index (κ2) is 6.39. The molecule has 0 aliphatic heterocycles. The van der Waals surface area contributed by atoms with Gasteiger partial charge in [-0.3, -0.25) is 0 Å². The lowest BCUT2D eigenvalue weighted by Gasteiger charge is -2.20. The molecule has 1 heterocycles. The van der Waals surface area contributed by atoms with Gasteiger partial charge in [0.05, 0.1) is 10.6 Å². The maximum absolute atomic E-state index is 11.2. The second-order valence-corrected chi connectivity index (χ2v) is 7.03. The Balaban J connectivity index is 3.10. The molecule has 0 aliphatic rings. The molecule has 1 aromatic heterocycles. The number of carboxylic acids is 1. The lowest BCUT2D eigenvalue weighted by Crippen LogP contribution is -2.15. The highest BCUT2D eigenvalue weighted by Crippen LogP contribution is 2.28. The molecule has 0 saturated heterocycles. The van der Waals surface area contributed by atoms with Crippen molar-refractivity contribution in [1.82, 2.24) is 4.98 Å². The van der Waals surface area contributed by atoms with Gasteiger partial charge in [-0.1, -0.05) is 27.7 Å². The van der Waals surface area contributed by atoms with Crippen LogP contribution in [0.4, 0.5) is 0 Å². The number of carboxylic acid groups (broad SMARTS) is 1. The van der Waals surface area contributed by atoms with E-state index in [9.17, 15) is 4.79 Å². The minimum absolute atomic E-state index is 0.124. The van der Waals surface area contributed by atoms with E-state index in [1.54, 1.807) is 12.1 Å². The smallest absolute Gasteiger partial charge is 0.335 e. The minimum Gasteiger partial charge on any atom is -0.478 e. The summed E-state index contributed by atoms with van der Waals surface area (Å²) in [4.78, 5) is 15.7. The van der Waals surface area contributed by atoms with E-state index in [-0.39, 0.29) is 22.8 Å². The van der Waals surface area contributed by atoms with Crippen molar-refractivity contribution >= 4 is 17.7 Å². The van der Waals surface area contributed by atoms with Crippen LogP contribution in [-0.2, 0) is 5.41 Å². The van der Waals surface area contributed by atoms with Gasteiger partial charge in [0.2, 0.25) is 0 Å². The molecular weight excluding hydrogens is 262 g/mol. The Kier molecular flexibility index (Phi) is 5.38. The lowest BCUT2D eigenvalue weighted by molar-refractivity contribution is 0.0696. The van der Waals surface area contributed by atoms with E-state index in [1.807, 2.05) is 27.7 Å². The molecule has 0 bridgehead atoms. The quantitative estimate of drug-likeness (QED) is 0.813. The van der Waals surface area contributed by atoms with Gasteiger partial charge < -0.3 is 10.2 Å². The fraction of sp³-hybridized carbons (Fsp3) is 0.571. The number of aromatic carboxylic acids is 1. The average molecular weight is 283 g/mol. The summed E-state index contributed by atoms with van der Waals surface area (Å²) >= 11 is 1.50. The molecule has 2 N–H and O–H groups in total. The summed E-state index contributed by atoms with van der Waals surface area (Å²) in [6, 6.07) is 3.22. The molecule has 0 spiro atoms. The number of hydrogen-bond acceptors (Lipinski definition) is 4. The highest BCUT2D eigenvalue weighted by Gasteiger charge is 2.19. The monoisotopic (exact) mass is 283 g/mol. The van der Waals surface area contributed by atoms with Crippen molar-refractivity contribution in [2.24, 2.45) is 0 Å². The molecule has 1 unspecified atom stereocenters. The van der Waals surface area contributed by atoms with E-state index in [1.165, 1.54) is 11.8 Å². The summed E-state index contributed by atoms with van der Waals surface area (Å²) in [5, 5.41) is 19.0. The first-order valence-corrected chi connectivity index (χ1v) is 7.15. The van der Waals surface area contributed by atoms with E-state index in [4.69, 9.17) is 10.2 Å². The van der Waals surface area contributed by atoms with Crippen molar-refractivity contribution in [1.29, 1.82) is 0 Å². The summed E-state index contributed by atoms with van der Waals surface area (Å²) in [7, 11) is 0. The second-order valence-electron chi connectivity index (χ2n) is 5.58. The van der Waals surface area contributed by atoms with E-state index in [0.717, 1.165) is 5.69 Å². The van der Waals surface area contributed by atoms with Gasteiger partial charge in [-0.25, -0.2) is 9.78 Å². The third-order valence-corrected chi connectivity index (χ3v) is 3.76. The maximum atomic E-state index is 11.2. The molecule has 0 amide bonds. The standard InChI is InChI=1S/C14H21NO3S/c1-9(5-6-16)19-12-8-10(13(17)18)7-11(15-12)14(2,3)4/h7-9,16H,5-6H2,1-4H3,(H,17,18). The van der Waals surface area contributed by atoms with Crippen LogP contribution in [0.1, 0.15) is 50.2 Å². The number of nitrogens with zero attached hydrogens (tertiary/aromatic N) is 1. The van der Waals surface area contributed by atoms with Gasteiger partial charge in [0, 0.05) is 23.0 Å². The van der Waals surface area contributed by atoms with Crippen molar-refractivity contribution < 1.29 is 15.0 Å². The van der Waals surface area contributed by atoms with Gasteiger partial charge in [-0.2, -0.15) is 0 Å². The Hall–Kier alpha value is -1.07. The summed E-state index contributed by atoms with van der Waals surface area (Å²) in [5.41, 5.74) is 0.839. The Morgan fingerprint density at radius 1 is 1.42 bits per heavy atom. The molecule has 1 atom stereocenters. The molecule has 1 rings (SSSR count). The van der Waals surface area contributed by atoms with Crippen molar-refractivity contribution in [3.8, 4) is 0 Å². The van der Waals surface area contributed by atoms with Crippen LogP contribution >= 0.6 is 11.8 Å². The molecule has 0 fully saturated rings. The first-order chi connectivity index (χ1) is 8.74. The van der Waals surface area contributed by atoms with Crippen LogP contribution in [0.25, 0.3) is 0 Å². The molecule has 106 valence electrons. The average Bonchev–Trinajstić information content (AvgIpc) is 2.27. The maximum Gasteiger partial charge on any atom is 0.335 e. The van der Waals surface area contributed by atoms with Crippen LogP contribution in [-0.4, -0.2) is 33.0 Å². The van der Waals surface area contributed by atoms with Crippen molar-refractivity contribution in [3.05, 3.63) is 23.4 Å². The molecule has 0 aromatic carbocycles. The molecule has 5 heteroatoms. The molecule has 0 saturated carbocycles. The fourth-order valence-electron chi connectivity index (χ4n) is 1.52. The van der Waals surface area contributed by atoms with Gasteiger partial charge in [-0.15, -0.1) is 11.8 Å². The van der Waals surface area contributed by atoms with E-state index in [0.29, 0.717) is 11.4 Å². The third kappa shape index (κ3) is 4.84. The highest BCUT2D eigenvalue weighted by molar-refractivity contribution is 7.99.